The second-order valence-corrected chi connectivity index (χ2v) is 3.15. The number of rotatable bonds is 6. The lowest BCUT2D eigenvalue weighted by atomic mass is 10.2. The van der Waals surface area contributed by atoms with Crippen molar-refractivity contribution < 1.29 is 14.9 Å². The van der Waals surface area contributed by atoms with Crippen LogP contribution >= 0.6 is 0 Å². The Morgan fingerprint density at radius 2 is 2.13 bits per heavy atom. The fourth-order valence-electron chi connectivity index (χ4n) is 1.19. The molecule has 0 heterocycles. The molecule has 0 spiro atoms. The number of anilines is 1. The van der Waals surface area contributed by atoms with Gasteiger partial charge in [-0.05, 0) is 19.1 Å². The molecule has 0 saturated carbocycles. The van der Waals surface area contributed by atoms with E-state index in [1.165, 1.54) is 0 Å². The van der Waals surface area contributed by atoms with Crippen LogP contribution in [0.3, 0.4) is 0 Å². The van der Waals surface area contributed by atoms with E-state index in [0.29, 0.717) is 13.2 Å². The van der Waals surface area contributed by atoms with E-state index in [9.17, 15) is 5.11 Å². The van der Waals surface area contributed by atoms with Crippen molar-refractivity contribution in [1.82, 2.24) is 0 Å². The first-order valence-corrected chi connectivity index (χ1v) is 5.02. The molecule has 0 fully saturated rings. The van der Waals surface area contributed by atoms with Crippen LogP contribution in [0.2, 0.25) is 0 Å². The Morgan fingerprint density at radius 1 is 1.40 bits per heavy atom. The monoisotopic (exact) mass is 211 g/mol. The highest BCUT2D eigenvalue weighted by molar-refractivity contribution is 5.56. The number of benzene rings is 1. The van der Waals surface area contributed by atoms with E-state index in [4.69, 9.17) is 9.84 Å². The van der Waals surface area contributed by atoms with Gasteiger partial charge in [0.25, 0.3) is 0 Å². The molecule has 1 aromatic carbocycles. The smallest absolute Gasteiger partial charge is 0.142 e. The summed E-state index contributed by atoms with van der Waals surface area (Å²) in [4.78, 5) is 0. The summed E-state index contributed by atoms with van der Waals surface area (Å²) in [6, 6.07) is 7.50. The third-order valence-corrected chi connectivity index (χ3v) is 1.93. The summed E-state index contributed by atoms with van der Waals surface area (Å²) < 4.78 is 5.40. The van der Waals surface area contributed by atoms with E-state index >= 15 is 0 Å². The quantitative estimate of drug-likeness (QED) is 0.653. The molecule has 15 heavy (non-hydrogen) atoms. The lowest BCUT2D eigenvalue weighted by Gasteiger charge is -2.13. The number of aliphatic hydroxyl groups excluding tert-OH is 2. The fraction of sp³-hybridized carbons (Fsp3) is 0.455. The first kappa shape index (κ1) is 11.8. The molecule has 1 atom stereocenters. The summed E-state index contributed by atoms with van der Waals surface area (Å²) in [7, 11) is 0. The predicted octanol–water partition coefficient (Wildman–Crippen LogP) is 0.850. The van der Waals surface area contributed by atoms with E-state index < -0.39 is 6.10 Å². The molecule has 0 aliphatic rings. The van der Waals surface area contributed by atoms with Gasteiger partial charge in [0.15, 0.2) is 0 Å². The summed E-state index contributed by atoms with van der Waals surface area (Å²) in [6.45, 7) is 2.57. The van der Waals surface area contributed by atoms with E-state index in [1.807, 2.05) is 31.2 Å². The normalized spacial score (nSPS) is 12.2. The minimum Gasteiger partial charge on any atom is -0.492 e. The fourth-order valence-corrected chi connectivity index (χ4v) is 1.19. The highest BCUT2D eigenvalue weighted by atomic mass is 16.5. The van der Waals surface area contributed by atoms with Crippen LogP contribution < -0.4 is 10.1 Å². The maximum atomic E-state index is 9.19. The number of hydrogen-bond donors (Lipinski definition) is 3. The van der Waals surface area contributed by atoms with Crippen LogP contribution in [0, 0.1) is 0 Å². The Hall–Kier alpha value is -1.26. The highest BCUT2D eigenvalue weighted by Gasteiger charge is 2.04. The predicted molar refractivity (Wildman–Crippen MR) is 59.2 cm³/mol. The van der Waals surface area contributed by atoms with Crippen LogP contribution in [-0.4, -0.2) is 36.1 Å². The van der Waals surface area contributed by atoms with Crippen molar-refractivity contribution in [1.29, 1.82) is 0 Å². The Balaban J connectivity index is 2.58. The standard InChI is InChI=1S/C11H17NO3/c1-2-15-11-6-4-3-5-10(11)12-7-9(14)8-13/h3-6,9,12-14H,2,7-8H2,1H3/t9-/m0/s1. The molecule has 0 bridgehead atoms. The van der Waals surface area contributed by atoms with Crippen LogP contribution in [0.4, 0.5) is 5.69 Å². The van der Waals surface area contributed by atoms with Crippen molar-refractivity contribution in [2.75, 3.05) is 25.1 Å². The maximum Gasteiger partial charge on any atom is 0.142 e. The van der Waals surface area contributed by atoms with Crippen molar-refractivity contribution in [2.24, 2.45) is 0 Å². The zero-order valence-electron chi connectivity index (χ0n) is 8.81. The number of nitrogens with one attached hydrogen (secondary N) is 1. The van der Waals surface area contributed by atoms with Gasteiger partial charge in [-0.1, -0.05) is 12.1 Å². The molecule has 0 aromatic heterocycles. The van der Waals surface area contributed by atoms with Gasteiger partial charge in [0, 0.05) is 6.54 Å². The number of hydrogen-bond acceptors (Lipinski definition) is 4. The van der Waals surface area contributed by atoms with Gasteiger partial charge in [0.1, 0.15) is 5.75 Å². The molecule has 1 rings (SSSR count). The van der Waals surface area contributed by atoms with Gasteiger partial charge in [0.05, 0.1) is 25.0 Å². The Morgan fingerprint density at radius 3 is 2.80 bits per heavy atom. The molecule has 4 heteroatoms. The average molecular weight is 211 g/mol. The van der Waals surface area contributed by atoms with Crippen LogP contribution in [0.5, 0.6) is 5.75 Å². The van der Waals surface area contributed by atoms with E-state index in [0.717, 1.165) is 11.4 Å². The first-order chi connectivity index (χ1) is 7.27. The van der Waals surface area contributed by atoms with Crippen molar-refractivity contribution in [2.45, 2.75) is 13.0 Å². The number of para-hydroxylation sites is 2. The van der Waals surface area contributed by atoms with Gasteiger partial charge in [-0.25, -0.2) is 0 Å². The largest absolute Gasteiger partial charge is 0.492 e. The number of ether oxygens (including phenoxy) is 1. The van der Waals surface area contributed by atoms with E-state index in [-0.39, 0.29) is 6.61 Å². The first-order valence-electron chi connectivity index (χ1n) is 5.02. The van der Waals surface area contributed by atoms with Crippen LogP contribution in [0.25, 0.3) is 0 Å². The molecule has 0 amide bonds. The Bertz CT molecular complexity index is 291. The van der Waals surface area contributed by atoms with Crippen molar-refractivity contribution >= 4 is 5.69 Å². The third-order valence-electron chi connectivity index (χ3n) is 1.93. The second-order valence-electron chi connectivity index (χ2n) is 3.15. The average Bonchev–Trinajstić information content (AvgIpc) is 2.28. The van der Waals surface area contributed by atoms with Crippen molar-refractivity contribution in [3.05, 3.63) is 24.3 Å². The topological polar surface area (TPSA) is 61.7 Å². The van der Waals surface area contributed by atoms with Gasteiger partial charge < -0.3 is 20.3 Å². The third kappa shape index (κ3) is 3.77. The molecular weight excluding hydrogens is 194 g/mol. The van der Waals surface area contributed by atoms with Gasteiger partial charge in [-0.3, -0.25) is 0 Å². The minimum atomic E-state index is -0.750. The van der Waals surface area contributed by atoms with Crippen LogP contribution in [-0.2, 0) is 0 Å². The van der Waals surface area contributed by atoms with E-state index in [2.05, 4.69) is 5.32 Å². The summed E-state index contributed by atoms with van der Waals surface area (Å²) >= 11 is 0. The molecule has 4 nitrogen and oxygen atoms in total. The van der Waals surface area contributed by atoms with Gasteiger partial charge in [-0.2, -0.15) is 0 Å². The molecule has 0 radical (unpaired) electrons. The van der Waals surface area contributed by atoms with Crippen LogP contribution in [0.1, 0.15) is 6.92 Å². The summed E-state index contributed by atoms with van der Waals surface area (Å²) in [5.41, 5.74) is 0.826. The molecule has 84 valence electrons. The minimum absolute atomic E-state index is 0.246. The number of aliphatic hydroxyl groups is 2. The van der Waals surface area contributed by atoms with Gasteiger partial charge in [0.2, 0.25) is 0 Å². The Kier molecular flexibility index (Phi) is 4.93. The molecule has 0 unspecified atom stereocenters. The highest BCUT2D eigenvalue weighted by Crippen LogP contribution is 2.23. The lowest BCUT2D eigenvalue weighted by Crippen LogP contribution is -2.23. The second kappa shape index (κ2) is 6.27. The van der Waals surface area contributed by atoms with Gasteiger partial charge in [-0.15, -0.1) is 0 Å². The molecular formula is C11H17NO3. The summed E-state index contributed by atoms with van der Waals surface area (Å²) in [5, 5.41) is 20.9. The molecule has 0 aliphatic carbocycles. The van der Waals surface area contributed by atoms with E-state index in [1.54, 1.807) is 0 Å². The SMILES string of the molecule is CCOc1ccccc1NC[C@H](O)CO. The maximum absolute atomic E-state index is 9.19. The zero-order valence-corrected chi connectivity index (χ0v) is 8.81. The lowest BCUT2D eigenvalue weighted by molar-refractivity contribution is 0.105. The molecule has 0 aliphatic heterocycles. The van der Waals surface area contributed by atoms with Crippen molar-refractivity contribution in [3.63, 3.8) is 0 Å². The molecule has 1 aromatic rings. The molecule has 0 saturated heterocycles. The Labute approximate surface area is 89.5 Å². The van der Waals surface area contributed by atoms with Gasteiger partial charge >= 0.3 is 0 Å². The zero-order chi connectivity index (χ0) is 11.1. The van der Waals surface area contributed by atoms with Crippen molar-refractivity contribution in [3.8, 4) is 5.75 Å². The summed E-state index contributed by atoms with van der Waals surface area (Å²) in [5.74, 6) is 0.755. The van der Waals surface area contributed by atoms with Crippen LogP contribution in [0.15, 0.2) is 24.3 Å². The summed E-state index contributed by atoms with van der Waals surface area (Å²) in [6.07, 6.45) is -0.750. The molecule has 3 N–H and O–H groups in total.